The summed E-state index contributed by atoms with van der Waals surface area (Å²) in [6, 6.07) is 9.54. The summed E-state index contributed by atoms with van der Waals surface area (Å²) in [5, 5.41) is 3.62. The Balaban J connectivity index is 1.30. The molecule has 1 aromatic rings. The number of benzene rings is 1. The zero-order valence-electron chi connectivity index (χ0n) is 16.5. The Bertz CT molecular complexity index is 596. The molecule has 2 bridgehead atoms. The Kier molecular flexibility index (Phi) is 5.57. The summed E-state index contributed by atoms with van der Waals surface area (Å²) in [4.78, 5) is 0. The second-order valence-electron chi connectivity index (χ2n) is 9.19. The van der Waals surface area contributed by atoms with Gasteiger partial charge in [0.2, 0.25) is 0 Å². The minimum absolute atomic E-state index is 0.432. The van der Waals surface area contributed by atoms with E-state index in [1.165, 1.54) is 44.2 Å². The van der Waals surface area contributed by atoms with E-state index in [4.69, 9.17) is 4.74 Å². The number of allylic oxidation sites excluding steroid dienone is 1. The average Bonchev–Trinajstić information content (AvgIpc) is 3.06. The first-order valence-corrected chi connectivity index (χ1v) is 10.9. The maximum atomic E-state index is 6.08. The van der Waals surface area contributed by atoms with Crippen LogP contribution in [0.15, 0.2) is 36.0 Å². The van der Waals surface area contributed by atoms with Crippen molar-refractivity contribution in [3.05, 3.63) is 41.6 Å². The Morgan fingerprint density at radius 2 is 1.65 bits per heavy atom. The molecule has 0 aromatic heterocycles. The highest BCUT2D eigenvalue weighted by atomic mass is 16.5. The van der Waals surface area contributed by atoms with Crippen LogP contribution in [0.1, 0.15) is 76.7 Å². The summed E-state index contributed by atoms with van der Waals surface area (Å²) in [7, 11) is 0. The van der Waals surface area contributed by atoms with E-state index in [1.54, 1.807) is 5.56 Å². The van der Waals surface area contributed by atoms with Gasteiger partial charge in [-0.3, -0.25) is 0 Å². The third-order valence-electron chi connectivity index (χ3n) is 6.70. The normalized spacial score (nSPS) is 30.8. The molecule has 1 aliphatic heterocycles. The lowest BCUT2D eigenvalue weighted by Gasteiger charge is -2.43. The molecule has 26 heavy (non-hydrogen) atoms. The Morgan fingerprint density at radius 3 is 2.27 bits per heavy atom. The number of rotatable bonds is 6. The molecule has 2 nitrogen and oxygen atoms in total. The van der Waals surface area contributed by atoms with Crippen LogP contribution in [0.5, 0.6) is 5.75 Å². The van der Waals surface area contributed by atoms with Crippen molar-refractivity contribution in [2.45, 2.75) is 77.2 Å². The molecule has 0 amide bonds. The second kappa shape index (κ2) is 8.06. The van der Waals surface area contributed by atoms with E-state index < -0.39 is 0 Å². The van der Waals surface area contributed by atoms with E-state index in [9.17, 15) is 0 Å². The van der Waals surface area contributed by atoms with Crippen LogP contribution in [-0.2, 0) is 0 Å². The third kappa shape index (κ3) is 4.10. The number of fused-ring (bicyclic) bond motifs is 2. The zero-order chi connectivity index (χ0) is 17.9. The van der Waals surface area contributed by atoms with Crippen molar-refractivity contribution < 1.29 is 4.74 Å². The lowest BCUT2D eigenvalue weighted by atomic mass is 9.62. The zero-order valence-corrected chi connectivity index (χ0v) is 16.5. The van der Waals surface area contributed by atoms with E-state index in [0.29, 0.717) is 12.0 Å². The fraction of sp³-hybridized carbons (Fsp3) is 0.667. The Labute approximate surface area is 159 Å². The molecular weight excluding hydrogens is 318 g/mol. The maximum absolute atomic E-state index is 6.08. The molecule has 0 spiro atoms. The largest absolute Gasteiger partial charge is 0.491 e. The highest BCUT2D eigenvalue weighted by molar-refractivity contribution is 5.31. The van der Waals surface area contributed by atoms with Gasteiger partial charge in [-0.25, -0.2) is 0 Å². The summed E-state index contributed by atoms with van der Waals surface area (Å²) < 4.78 is 6.08. The first-order valence-electron chi connectivity index (χ1n) is 10.9. The molecule has 0 saturated heterocycles. The smallest absolute Gasteiger partial charge is 0.119 e. The van der Waals surface area contributed by atoms with Crippen LogP contribution in [0.25, 0.3) is 0 Å². The van der Waals surface area contributed by atoms with Crippen molar-refractivity contribution >= 4 is 0 Å². The molecule has 2 saturated carbocycles. The van der Waals surface area contributed by atoms with E-state index in [2.05, 4.69) is 49.5 Å². The van der Waals surface area contributed by atoms with E-state index >= 15 is 0 Å². The van der Waals surface area contributed by atoms with Gasteiger partial charge in [0.25, 0.3) is 0 Å². The van der Waals surface area contributed by atoms with Gasteiger partial charge in [0.15, 0.2) is 0 Å². The predicted molar refractivity (Wildman–Crippen MR) is 108 cm³/mol. The molecule has 4 rings (SSSR count). The monoisotopic (exact) mass is 353 g/mol. The summed E-state index contributed by atoms with van der Waals surface area (Å²) in [5.41, 5.74) is 2.96. The number of nitrogens with one attached hydrogen (secondary N) is 1. The Hall–Kier alpha value is -1.44. The van der Waals surface area contributed by atoms with Gasteiger partial charge in [-0.2, -0.15) is 0 Å². The molecule has 142 valence electrons. The van der Waals surface area contributed by atoms with Gasteiger partial charge < -0.3 is 10.1 Å². The molecule has 1 aromatic carbocycles. The van der Waals surface area contributed by atoms with E-state index in [0.717, 1.165) is 43.0 Å². The molecule has 2 heteroatoms. The fourth-order valence-corrected chi connectivity index (χ4v) is 5.56. The van der Waals surface area contributed by atoms with Gasteiger partial charge in [0.05, 0.1) is 6.04 Å². The first kappa shape index (κ1) is 17.9. The highest BCUT2D eigenvalue weighted by Crippen LogP contribution is 2.49. The average molecular weight is 354 g/mol. The van der Waals surface area contributed by atoms with E-state index in [1.807, 2.05) is 0 Å². The highest BCUT2D eigenvalue weighted by Gasteiger charge is 2.36. The SMILES string of the molecule is CC(C)CC1=CC[C@@H](COc2ccc(C3C4CCCC3CCC4)cc2)N1. The quantitative estimate of drug-likeness (QED) is 0.673. The molecular formula is C24H35NO. The van der Waals surface area contributed by atoms with Crippen LogP contribution < -0.4 is 10.1 Å². The molecule has 0 unspecified atom stereocenters. The van der Waals surface area contributed by atoms with Crippen LogP contribution in [0.4, 0.5) is 0 Å². The second-order valence-corrected chi connectivity index (χ2v) is 9.19. The van der Waals surface area contributed by atoms with Gasteiger partial charge in [-0.1, -0.05) is 44.9 Å². The van der Waals surface area contributed by atoms with Crippen molar-refractivity contribution in [3.8, 4) is 5.75 Å². The molecule has 1 N–H and O–H groups in total. The summed E-state index contributed by atoms with van der Waals surface area (Å²) in [5.74, 6) is 4.41. The summed E-state index contributed by atoms with van der Waals surface area (Å²) >= 11 is 0. The van der Waals surface area contributed by atoms with Gasteiger partial charge in [0, 0.05) is 5.70 Å². The van der Waals surface area contributed by atoms with Crippen molar-refractivity contribution in [1.82, 2.24) is 5.32 Å². The molecule has 1 heterocycles. The number of ether oxygens (including phenoxy) is 1. The first-order chi connectivity index (χ1) is 12.7. The molecule has 2 aliphatic carbocycles. The predicted octanol–water partition coefficient (Wildman–Crippen LogP) is 6.04. The molecule has 1 atom stereocenters. The topological polar surface area (TPSA) is 21.3 Å². The third-order valence-corrected chi connectivity index (χ3v) is 6.70. The molecule has 2 fully saturated rings. The van der Waals surface area contributed by atoms with Crippen LogP contribution in [0, 0.1) is 17.8 Å². The van der Waals surface area contributed by atoms with Crippen LogP contribution in [0.2, 0.25) is 0 Å². The number of hydrogen-bond acceptors (Lipinski definition) is 2. The maximum Gasteiger partial charge on any atom is 0.119 e. The van der Waals surface area contributed by atoms with Gasteiger partial charge in [0.1, 0.15) is 12.4 Å². The molecule has 3 aliphatic rings. The van der Waals surface area contributed by atoms with Gasteiger partial charge in [-0.05, 0) is 79.9 Å². The molecule has 0 radical (unpaired) electrons. The fourth-order valence-electron chi connectivity index (χ4n) is 5.56. The minimum atomic E-state index is 0.432. The van der Waals surface area contributed by atoms with Gasteiger partial charge in [-0.15, -0.1) is 0 Å². The minimum Gasteiger partial charge on any atom is -0.491 e. The van der Waals surface area contributed by atoms with Crippen LogP contribution in [0.3, 0.4) is 0 Å². The number of hydrogen-bond donors (Lipinski definition) is 1. The van der Waals surface area contributed by atoms with Crippen molar-refractivity contribution in [1.29, 1.82) is 0 Å². The van der Waals surface area contributed by atoms with E-state index in [-0.39, 0.29) is 0 Å². The summed E-state index contributed by atoms with van der Waals surface area (Å²) in [6.07, 6.45) is 13.3. The van der Waals surface area contributed by atoms with Crippen LogP contribution >= 0.6 is 0 Å². The van der Waals surface area contributed by atoms with Crippen LogP contribution in [-0.4, -0.2) is 12.6 Å². The summed E-state index contributed by atoms with van der Waals surface area (Å²) in [6.45, 7) is 5.30. The Morgan fingerprint density at radius 1 is 1.00 bits per heavy atom. The van der Waals surface area contributed by atoms with Crippen molar-refractivity contribution in [2.24, 2.45) is 17.8 Å². The lowest BCUT2D eigenvalue weighted by molar-refractivity contribution is 0.149. The standard InChI is InChI=1S/C24H35NO/c1-17(2)15-21-11-12-22(25-21)16-26-23-13-9-20(10-14-23)24-18-5-3-6-19(24)8-4-7-18/h9-11,13-14,17-19,22,24-25H,3-8,12,15-16H2,1-2H3/t18?,19?,22-,24?/m0/s1. The lowest BCUT2D eigenvalue weighted by Crippen LogP contribution is -2.30. The van der Waals surface area contributed by atoms with Gasteiger partial charge >= 0.3 is 0 Å². The van der Waals surface area contributed by atoms with Crippen molar-refractivity contribution in [3.63, 3.8) is 0 Å². The van der Waals surface area contributed by atoms with Crippen molar-refractivity contribution in [2.75, 3.05) is 6.61 Å².